The monoisotopic (exact) mass is 564 g/mol. The number of hydrogen-bond acceptors (Lipinski definition) is 7. The summed E-state index contributed by atoms with van der Waals surface area (Å²) in [6.07, 6.45) is 4.95. The van der Waals surface area contributed by atoms with Crippen LogP contribution in [0.15, 0.2) is 48.5 Å². The summed E-state index contributed by atoms with van der Waals surface area (Å²) in [7, 11) is -1.59. The van der Waals surface area contributed by atoms with Gasteiger partial charge in [0, 0.05) is 23.8 Å². The fourth-order valence-electron chi connectivity index (χ4n) is 5.72. The zero-order valence-electron chi connectivity index (χ0n) is 23.3. The van der Waals surface area contributed by atoms with Crippen LogP contribution in [0.4, 0.5) is 0 Å². The number of methoxy groups -OCH3 is 1. The highest BCUT2D eigenvalue weighted by molar-refractivity contribution is 7.90. The molecular weight excluding hydrogens is 528 g/mol. The summed E-state index contributed by atoms with van der Waals surface area (Å²) in [6, 6.07) is 16.4. The smallest absolute Gasteiger partial charge is 0.306 e. The van der Waals surface area contributed by atoms with Gasteiger partial charge in [-0.25, -0.2) is 8.42 Å². The number of sulfone groups is 1. The Morgan fingerprint density at radius 2 is 1.90 bits per heavy atom. The van der Waals surface area contributed by atoms with E-state index >= 15 is 0 Å². The molecule has 0 amide bonds. The zero-order valence-corrected chi connectivity index (χ0v) is 24.1. The third kappa shape index (κ3) is 6.44. The first-order valence-electron chi connectivity index (χ1n) is 13.7. The van der Waals surface area contributed by atoms with Gasteiger partial charge in [-0.2, -0.15) is 0 Å². The van der Waals surface area contributed by atoms with E-state index in [2.05, 4.69) is 37.3 Å². The van der Waals surface area contributed by atoms with E-state index in [1.54, 1.807) is 0 Å². The highest BCUT2D eigenvalue weighted by Crippen LogP contribution is 2.40. The van der Waals surface area contributed by atoms with Crippen molar-refractivity contribution in [2.24, 2.45) is 0 Å². The third-order valence-electron chi connectivity index (χ3n) is 7.63. The van der Waals surface area contributed by atoms with Gasteiger partial charge in [0.15, 0.2) is 0 Å². The number of hydrogen-bond donors (Lipinski definition) is 0. The van der Waals surface area contributed by atoms with Gasteiger partial charge >= 0.3 is 5.97 Å². The van der Waals surface area contributed by atoms with Crippen LogP contribution < -0.4 is 14.2 Å². The van der Waals surface area contributed by atoms with E-state index in [9.17, 15) is 13.2 Å². The molecule has 1 aliphatic carbocycles. The fourth-order valence-corrected chi connectivity index (χ4v) is 6.36. The molecule has 3 aromatic rings. The minimum atomic E-state index is -2.99. The van der Waals surface area contributed by atoms with E-state index in [0.717, 1.165) is 53.2 Å². The highest BCUT2D eigenvalue weighted by atomic mass is 32.2. The largest absolute Gasteiger partial charge is 0.494 e. The Hall–Kier alpha value is -3.52. The predicted molar refractivity (Wildman–Crippen MR) is 154 cm³/mol. The molecule has 0 fully saturated rings. The lowest BCUT2D eigenvalue weighted by Crippen LogP contribution is -2.09. The Labute approximate surface area is 236 Å². The maximum absolute atomic E-state index is 11.7. The molecular formula is C32H36O7S. The molecule has 0 unspecified atom stereocenters. The summed E-state index contributed by atoms with van der Waals surface area (Å²) in [6.45, 7) is 3.40. The predicted octanol–water partition coefficient (Wildman–Crippen LogP) is 5.58. The van der Waals surface area contributed by atoms with Crippen LogP contribution in [0.1, 0.15) is 53.0 Å². The van der Waals surface area contributed by atoms with Crippen LogP contribution in [0.3, 0.4) is 0 Å². The van der Waals surface area contributed by atoms with Gasteiger partial charge in [-0.3, -0.25) is 4.79 Å². The van der Waals surface area contributed by atoms with Crippen molar-refractivity contribution in [2.45, 2.75) is 51.6 Å². The molecule has 40 heavy (non-hydrogen) atoms. The number of rotatable bonds is 10. The van der Waals surface area contributed by atoms with Gasteiger partial charge in [-0.05, 0) is 84.2 Å². The van der Waals surface area contributed by atoms with Crippen molar-refractivity contribution in [3.63, 3.8) is 0 Å². The molecule has 3 aromatic carbocycles. The van der Waals surface area contributed by atoms with Crippen LogP contribution in [-0.4, -0.2) is 46.7 Å². The average Bonchev–Trinajstić information content (AvgIpc) is 3.20. The van der Waals surface area contributed by atoms with E-state index in [-0.39, 0.29) is 17.6 Å². The maximum atomic E-state index is 11.7. The van der Waals surface area contributed by atoms with E-state index in [0.29, 0.717) is 32.7 Å². The van der Waals surface area contributed by atoms with Crippen molar-refractivity contribution in [1.29, 1.82) is 0 Å². The number of aryl methyl sites for hydroxylation is 2. The van der Waals surface area contributed by atoms with Crippen LogP contribution in [0.2, 0.25) is 0 Å². The molecule has 0 radical (unpaired) electrons. The Morgan fingerprint density at radius 1 is 1.05 bits per heavy atom. The number of carbonyl (C=O) groups is 1. The molecule has 0 aromatic heterocycles. The fraction of sp³-hybridized carbons (Fsp3) is 0.406. The van der Waals surface area contributed by atoms with Gasteiger partial charge in [0.05, 0.1) is 32.5 Å². The SMILES string of the molecule is COC(=O)C[C@@H]1COc2cc(OCc3cccc4c3CCCc3cc(OCCCS(C)(=O)=O)cc(C)c3-4)ccc21. The topological polar surface area (TPSA) is 88.1 Å². The molecule has 212 valence electrons. The van der Waals surface area contributed by atoms with Gasteiger partial charge in [-0.15, -0.1) is 0 Å². The Balaban J connectivity index is 1.31. The van der Waals surface area contributed by atoms with Gasteiger partial charge < -0.3 is 18.9 Å². The molecule has 7 nitrogen and oxygen atoms in total. The molecule has 0 bridgehead atoms. The molecule has 1 atom stereocenters. The standard InChI is InChI=1S/C32H36O7S/c1-21-15-26(37-13-6-14-40(3,34)35)16-22-7-4-9-27-23(8-5-10-29(27)32(21)22)19-38-25-11-12-28-24(17-31(33)36-2)20-39-30(28)18-25/h5,8,10-12,15-16,18,24H,4,6-7,9,13-14,17,19-20H2,1-3H3/t24-/m1/s1. The van der Waals surface area contributed by atoms with Gasteiger partial charge in [-0.1, -0.05) is 24.3 Å². The minimum Gasteiger partial charge on any atom is -0.494 e. The summed E-state index contributed by atoms with van der Waals surface area (Å²) in [5.74, 6) is 2.18. The highest BCUT2D eigenvalue weighted by Gasteiger charge is 2.27. The van der Waals surface area contributed by atoms with Crippen molar-refractivity contribution < 1.29 is 32.2 Å². The molecule has 0 N–H and O–H groups in total. The van der Waals surface area contributed by atoms with Crippen LogP contribution in [0.25, 0.3) is 11.1 Å². The molecule has 5 rings (SSSR count). The lowest BCUT2D eigenvalue weighted by Gasteiger charge is -2.18. The molecule has 0 spiro atoms. The van der Waals surface area contributed by atoms with Crippen LogP contribution in [0, 0.1) is 6.92 Å². The first-order chi connectivity index (χ1) is 19.2. The van der Waals surface area contributed by atoms with E-state index in [1.165, 1.54) is 35.6 Å². The van der Waals surface area contributed by atoms with Crippen LogP contribution >= 0.6 is 0 Å². The first kappa shape index (κ1) is 28.0. The van der Waals surface area contributed by atoms with Gasteiger partial charge in [0.25, 0.3) is 0 Å². The average molecular weight is 565 g/mol. The number of ether oxygens (including phenoxy) is 4. The molecule has 0 saturated carbocycles. The summed E-state index contributed by atoms with van der Waals surface area (Å²) >= 11 is 0. The van der Waals surface area contributed by atoms with Crippen molar-refractivity contribution >= 4 is 15.8 Å². The number of carbonyl (C=O) groups excluding carboxylic acids is 1. The Kier molecular flexibility index (Phi) is 8.35. The molecule has 2 aliphatic rings. The van der Waals surface area contributed by atoms with Gasteiger partial charge in [0.1, 0.15) is 33.7 Å². The third-order valence-corrected chi connectivity index (χ3v) is 8.66. The van der Waals surface area contributed by atoms with Crippen molar-refractivity contribution in [3.8, 4) is 28.4 Å². The summed E-state index contributed by atoms with van der Waals surface area (Å²) in [5.41, 5.74) is 8.37. The molecule has 1 aliphatic heterocycles. The quantitative estimate of drug-likeness (QED) is 0.235. The number of benzene rings is 3. The van der Waals surface area contributed by atoms with E-state index in [4.69, 9.17) is 18.9 Å². The Morgan fingerprint density at radius 3 is 2.70 bits per heavy atom. The van der Waals surface area contributed by atoms with Gasteiger partial charge in [0.2, 0.25) is 0 Å². The van der Waals surface area contributed by atoms with Crippen LogP contribution in [0.5, 0.6) is 17.2 Å². The summed E-state index contributed by atoms with van der Waals surface area (Å²) in [4.78, 5) is 11.7. The lowest BCUT2D eigenvalue weighted by molar-refractivity contribution is -0.141. The zero-order chi connectivity index (χ0) is 28.3. The molecule has 0 saturated heterocycles. The Bertz CT molecular complexity index is 1510. The number of fused-ring (bicyclic) bond motifs is 4. The first-order valence-corrected chi connectivity index (χ1v) is 15.8. The minimum absolute atomic E-state index is 0.00287. The second kappa shape index (κ2) is 11.9. The summed E-state index contributed by atoms with van der Waals surface area (Å²) in [5, 5.41) is 0. The van der Waals surface area contributed by atoms with E-state index in [1.807, 2.05) is 18.2 Å². The molecule has 8 heteroatoms. The number of esters is 1. The summed E-state index contributed by atoms with van der Waals surface area (Å²) < 4.78 is 45.7. The normalized spacial score (nSPS) is 15.7. The van der Waals surface area contributed by atoms with E-state index < -0.39 is 9.84 Å². The van der Waals surface area contributed by atoms with Crippen molar-refractivity contribution in [1.82, 2.24) is 0 Å². The second-order valence-electron chi connectivity index (χ2n) is 10.7. The molecule has 1 heterocycles. The van der Waals surface area contributed by atoms with Crippen molar-refractivity contribution in [3.05, 3.63) is 76.3 Å². The van der Waals surface area contributed by atoms with Crippen LogP contribution in [-0.2, 0) is 38.8 Å². The van der Waals surface area contributed by atoms with Crippen molar-refractivity contribution in [2.75, 3.05) is 32.3 Å². The maximum Gasteiger partial charge on any atom is 0.306 e. The second-order valence-corrected chi connectivity index (χ2v) is 12.9. The lowest BCUT2D eigenvalue weighted by atomic mass is 9.90.